The predicted molar refractivity (Wildman–Crippen MR) is 126 cm³/mol. The SMILES string of the molecule is C=CNC(=C)/C(=C\Nc1ccc(C2CCCN2CC)cc1)c1cc(C)ccc1C. The van der Waals surface area contributed by atoms with Gasteiger partial charge in [-0.1, -0.05) is 56.0 Å². The fourth-order valence-electron chi connectivity index (χ4n) is 4.09. The Hall–Kier alpha value is -2.78. The molecule has 1 unspecified atom stereocenters. The average Bonchev–Trinajstić information content (AvgIpc) is 3.20. The number of allylic oxidation sites excluding steroid dienone is 1. The van der Waals surface area contributed by atoms with Gasteiger partial charge in [0.1, 0.15) is 0 Å². The van der Waals surface area contributed by atoms with E-state index >= 15 is 0 Å². The third kappa shape index (κ3) is 4.99. The van der Waals surface area contributed by atoms with Gasteiger partial charge in [0, 0.05) is 29.2 Å². The first-order valence-corrected chi connectivity index (χ1v) is 10.5. The zero-order chi connectivity index (χ0) is 20.8. The predicted octanol–water partition coefficient (Wildman–Crippen LogP) is 6.16. The molecule has 0 bridgehead atoms. The number of hydrogen-bond donors (Lipinski definition) is 2. The Morgan fingerprint density at radius 3 is 2.62 bits per heavy atom. The van der Waals surface area contributed by atoms with Crippen molar-refractivity contribution >= 4 is 11.3 Å². The number of rotatable bonds is 8. The second-order valence-corrected chi connectivity index (χ2v) is 7.76. The van der Waals surface area contributed by atoms with Crippen LogP contribution in [0.2, 0.25) is 0 Å². The van der Waals surface area contributed by atoms with Crippen molar-refractivity contribution < 1.29 is 0 Å². The van der Waals surface area contributed by atoms with Crippen LogP contribution < -0.4 is 10.6 Å². The first kappa shape index (κ1) is 20.9. The Bertz CT molecular complexity index is 893. The number of anilines is 1. The molecule has 0 amide bonds. The molecule has 1 fully saturated rings. The van der Waals surface area contributed by atoms with Crippen molar-refractivity contribution in [1.29, 1.82) is 0 Å². The van der Waals surface area contributed by atoms with E-state index < -0.39 is 0 Å². The molecule has 1 aliphatic heterocycles. The van der Waals surface area contributed by atoms with Crippen molar-refractivity contribution in [2.75, 3.05) is 18.4 Å². The molecule has 0 aliphatic carbocycles. The van der Waals surface area contributed by atoms with Crippen LogP contribution in [0.3, 0.4) is 0 Å². The van der Waals surface area contributed by atoms with Crippen LogP contribution in [-0.2, 0) is 0 Å². The van der Waals surface area contributed by atoms with Gasteiger partial charge in [0.25, 0.3) is 0 Å². The van der Waals surface area contributed by atoms with Crippen molar-refractivity contribution in [2.24, 2.45) is 0 Å². The van der Waals surface area contributed by atoms with Crippen LogP contribution in [0, 0.1) is 13.8 Å². The van der Waals surface area contributed by atoms with Gasteiger partial charge in [0.15, 0.2) is 0 Å². The molecule has 2 aromatic carbocycles. The van der Waals surface area contributed by atoms with Crippen LogP contribution in [-0.4, -0.2) is 18.0 Å². The van der Waals surface area contributed by atoms with Crippen LogP contribution in [0.1, 0.15) is 48.1 Å². The van der Waals surface area contributed by atoms with E-state index in [0.29, 0.717) is 6.04 Å². The fraction of sp³-hybridized carbons (Fsp3) is 0.308. The highest BCUT2D eigenvalue weighted by Crippen LogP contribution is 2.32. The first-order valence-electron chi connectivity index (χ1n) is 10.5. The normalized spacial score (nSPS) is 17.2. The van der Waals surface area contributed by atoms with Crippen LogP contribution in [0.4, 0.5) is 5.69 Å². The number of benzene rings is 2. The van der Waals surface area contributed by atoms with E-state index in [0.717, 1.165) is 29.1 Å². The molecule has 152 valence electrons. The lowest BCUT2D eigenvalue weighted by Gasteiger charge is -2.23. The van der Waals surface area contributed by atoms with Gasteiger partial charge < -0.3 is 10.6 Å². The minimum absolute atomic E-state index is 0.562. The lowest BCUT2D eigenvalue weighted by atomic mass is 9.97. The first-order chi connectivity index (χ1) is 14.0. The van der Waals surface area contributed by atoms with Crippen LogP contribution in [0.15, 0.2) is 73.7 Å². The van der Waals surface area contributed by atoms with Crippen molar-refractivity contribution in [1.82, 2.24) is 10.2 Å². The molecule has 2 N–H and O–H groups in total. The van der Waals surface area contributed by atoms with Crippen molar-refractivity contribution in [3.8, 4) is 0 Å². The number of aryl methyl sites for hydroxylation is 2. The molecule has 29 heavy (non-hydrogen) atoms. The summed E-state index contributed by atoms with van der Waals surface area (Å²) in [7, 11) is 0. The minimum atomic E-state index is 0.562. The summed E-state index contributed by atoms with van der Waals surface area (Å²) in [5, 5.41) is 6.60. The lowest BCUT2D eigenvalue weighted by molar-refractivity contribution is 0.271. The monoisotopic (exact) mass is 387 g/mol. The Kier molecular flexibility index (Phi) is 6.95. The second-order valence-electron chi connectivity index (χ2n) is 7.76. The highest BCUT2D eigenvalue weighted by molar-refractivity contribution is 5.81. The van der Waals surface area contributed by atoms with Gasteiger partial charge in [-0.3, -0.25) is 4.90 Å². The molecular formula is C26H33N3. The molecule has 0 radical (unpaired) electrons. The molecule has 3 nitrogen and oxygen atoms in total. The Balaban J connectivity index is 1.83. The molecule has 0 spiro atoms. The maximum Gasteiger partial charge on any atom is 0.0401 e. The maximum absolute atomic E-state index is 4.19. The summed E-state index contributed by atoms with van der Waals surface area (Å²) in [6, 6.07) is 15.9. The molecule has 1 heterocycles. The van der Waals surface area contributed by atoms with E-state index in [1.54, 1.807) is 6.20 Å². The summed E-state index contributed by atoms with van der Waals surface area (Å²) < 4.78 is 0. The van der Waals surface area contributed by atoms with E-state index in [1.165, 1.54) is 36.1 Å². The van der Waals surface area contributed by atoms with E-state index in [2.05, 4.69) is 91.9 Å². The van der Waals surface area contributed by atoms with Gasteiger partial charge in [-0.15, -0.1) is 0 Å². The zero-order valence-corrected chi connectivity index (χ0v) is 18.0. The maximum atomic E-state index is 4.19. The zero-order valence-electron chi connectivity index (χ0n) is 18.0. The fourth-order valence-corrected chi connectivity index (χ4v) is 4.09. The summed E-state index contributed by atoms with van der Waals surface area (Å²) in [6.45, 7) is 16.8. The molecule has 2 aromatic rings. The minimum Gasteiger partial charge on any atom is -0.362 e. The van der Waals surface area contributed by atoms with E-state index in [1.807, 2.05) is 6.20 Å². The summed E-state index contributed by atoms with van der Waals surface area (Å²) in [5.41, 5.74) is 7.94. The van der Waals surface area contributed by atoms with Gasteiger partial charge in [0.05, 0.1) is 0 Å². The molecule has 3 rings (SSSR count). The van der Waals surface area contributed by atoms with Gasteiger partial charge in [0.2, 0.25) is 0 Å². The number of hydrogen-bond acceptors (Lipinski definition) is 3. The summed E-state index contributed by atoms with van der Waals surface area (Å²) >= 11 is 0. The quantitative estimate of drug-likeness (QED) is 0.531. The largest absolute Gasteiger partial charge is 0.362 e. The second kappa shape index (κ2) is 9.62. The molecule has 0 aromatic heterocycles. The van der Waals surface area contributed by atoms with Crippen LogP contribution in [0.25, 0.3) is 5.57 Å². The van der Waals surface area contributed by atoms with E-state index in [9.17, 15) is 0 Å². The molecule has 1 saturated heterocycles. The van der Waals surface area contributed by atoms with Crippen molar-refractivity contribution in [3.63, 3.8) is 0 Å². The van der Waals surface area contributed by atoms with E-state index in [-0.39, 0.29) is 0 Å². The van der Waals surface area contributed by atoms with Gasteiger partial charge in [-0.25, -0.2) is 0 Å². The van der Waals surface area contributed by atoms with Crippen LogP contribution >= 0.6 is 0 Å². The van der Waals surface area contributed by atoms with Gasteiger partial charge >= 0.3 is 0 Å². The standard InChI is InChI=1S/C26H33N3/c1-6-27-21(5)25(24-17-19(3)10-11-20(24)4)18-28-23-14-12-22(13-15-23)26-9-8-16-29(26)7-2/h6,10-15,17-18,26-28H,1,5,7-9,16H2,2-4H3/b25-18+. The number of nitrogens with one attached hydrogen (secondary N) is 2. The Labute approximate surface area is 175 Å². The average molecular weight is 388 g/mol. The number of nitrogens with zero attached hydrogens (tertiary/aromatic N) is 1. The number of likely N-dealkylation sites (tertiary alicyclic amines) is 1. The van der Waals surface area contributed by atoms with Gasteiger partial charge in [-0.2, -0.15) is 0 Å². The Morgan fingerprint density at radius 1 is 1.17 bits per heavy atom. The summed E-state index contributed by atoms with van der Waals surface area (Å²) in [5.74, 6) is 0. The van der Waals surface area contributed by atoms with Crippen molar-refractivity contribution in [2.45, 2.75) is 39.7 Å². The van der Waals surface area contributed by atoms with Crippen molar-refractivity contribution in [3.05, 3.63) is 96.0 Å². The summed E-state index contributed by atoms with van der Waals surface area (Å²) in [4.78, 5) is 2.56. The molecule has 0 saturated carbocycles. The third-order valence-corrected chi connectivity index (χ3v) is 5.73. The van der Waals surface area contributed by atoms with Crippen LogP contribution in [0.5, 0.6) is 0 Å². The molecule has 1 aliphatic rings. The highest BCUT2D eigenvalue weighted by atomic mass is 15.2. The summed E-state index contributed by atoms with van der Waals surface area (Å²) in [6.07, 6.45) is 6.24. The third-order valence-electron chi connectivity index (χ3n) is 5.73. The lowest BCUT2D eigenvalue weighted by Crippen LogP contribution is -2.22. The molecular weight excluding hydrogens is 354 g/mol. The highest BCUT2D eigenvalue weighted by Gasteiger charge is 2.24. The smallest absolute Gasteiger partial charge is 0.0401 e. The molecule has 1 atom stereocenters. The molecule has 3 heteroatoms. The Morgan fingerprint density at radius 2 is 1.93 bits per heavy atom. The van der Waals surface area contributed by atoms with E-state index in [4.69, 9.17) is 0 Å². The topological polar surface area (TPSA) is 27.3 Å². The van der Waals surface area contributed by atoms with Gasteiger partial charge in [-0.05, 0) is 74.8 Å².